The number of fused-ring (bicyclic) bond motifs is 1. The minimum absolute atomic E-state index is 0.0586. The molecule has 1 atom stereocenters. The average Bonchev–Trinajstić information content (AvgIpc) is 2.88. The maximum Gasteiger partial charge on any atom is 0.248 e. The largest absolute Gasteiger partial charge is 0.506 e. The van der Waals surface area contributed by atoms with Crippen LogP contribution in [-0.4, -0.2) is 37.5 Å². The third-order valence-corrected chi connectivity index (χ3v) is 6.03. The van der Waals surface area contributed by atoms with Gasteiger partial charge in [0.25, 0.3) is 0 Å². The lowest BCUT2D eigenvalue weighted by atomic mass is 9.88. The summed E-state index contributed by atoms with van der Waals surface area (Å²) in [5.74, 6) is 0.809. The van der Waals surface area contributed by atoms with Crippen LogP contribution < -0.4 is 20.5 Å². The summed E-state index contributed by atoms with van der Waals surface area (Å²) in [4.78, 5) is 10.5. The van der Waals surface area contributed by atoms with Crippen molar-refractivity contribution in [1.82, 2.24) is 5.32 Å². The van der Waals surface area contributed by atoms with Gasteiger partial charge in [0.15, 0.2) is 0 Å². The fourth-order valence-corrected chi connectivity index (χ4v) is 4.11. The molecule has 0 radical (unpaired) electrons. The number of rotatable bonds is 8. The molecule has 3 aromatic rings. The van der Waals surface area contributed by atoms with Crippen molar-refractivity contribution in [3.05, 3.63) is 87.9 Å². The molecule has 1 aliphatic rings. The molecule has 1 amide bonds. The monoisotopic (exact) mass is 495 g/mol. The molecule has 1 aliphatic carbocycles. The summed E-state index contributed by atoms with van der Waals surface area (Å²) in [5.41, 5.74) is 8.89. The van der Waals surface area contributed by atoms with E-state index in [1.807, 2.05) is 18.2 Å². The molecule has 3 aromatic carbocycles. The average molecular weight is 496 g/mol. The number of hydrogen-bond acceptors (Lipinski definition) is 6. The van der Waals surface area contributed by atoms with Crippen LogP contribution in [0, 0.1) is 5.41 Å². The molecule has 0 aliphatic heterocycles. The van der Waals surface area contributed by atoms with E-state index in [4.69, 9.17) is 37.3 Å². The zero-order chi connectivity index (χ0) is 25.2. The molecular weight excluding hydrogens is 466 g/mol. The SMILES string of the molecule is COc1cc(OCCNC2CCCc3ccccc32)ccc1C=N.NC(=O)c1ccc(O)c(Cl)c1. The lowest BCUT2D eigenvalue weighted by Crippen LogP contribution is -2.28. The lowest BCUT2D eigenvalue weighted by Gasteiger charge is -2.26. The third-order valence-electron chi connectivity index (χ3n) is 5.72. The van der Waals surface area contributed by atoms with Gasteiger partial charge < -0.3 is 31.0 Å². The number of aryl methyl sites for hydroxylation is 1. The van der Waals surface area contributed by atoms with Gasteiger partial charge in [-0.1, -0.05) is 35.9 Å². The Bertz CT molecular complexity index is 1170. The molecule has 7 nitrogen and oxygen atoms in total. The molecule has 35 heavy (non-hydrogen) atoms. The molecule has 0 heterocycles. The van der Waals surface area contributed by atoms with E-state index in [-0.39, 0.29) is 16.3 Å². The molecule has 184 valence electrons. The minimum Gasteiger partial charge on any atom is -0.506 e. The summed E-state index contributed by atoms with van der Waals surface area (Å²) >= 11 is 5.50. The Kier molecular flexibility index (Phi) is 9.52. The van der Waals surface area contributed by atoms with E-state index in [0.717, 1.165) is 17.9 Å². The Morgan fingerprint density at radius 1 is 1.23 bits per heavy atom. The molecule has 0 fully saturated rings. The first-order valence-electron chi connectivity index (χ1n) is 11.3. The van der Waals surface area contributed by atoms with E-state index in [0.29, 0.717) is 18.4 Å². The van der Waals surface area contributed by atoms with Gasteiger partial charge in [-0.15, -0.1) is 0 Å². The smallest absolute Gasteiger partial charge is 0.248 e. The van der Waals surface area contributed by atoms with Crippen LogP contribution in [0.5, 0.6) is 17.2 Å². The molecule has 0 saturated carbocycles. The van der Waals surface area contributed by atoms with Crippen LogP contribution >= 0.6 is 11.6 Å². The predicted molar refractivity (Wildman–Crippen MR) is 138 cm³/mol. The summed E-state index contributed by atoms with van der Waals surface area (Å²) in [6.45, 7) is 1.40. The van der Waals surface area contributed by atoms with Gasteiger partial charge in [0.2, 0.25) is 5.91 Å². The van der Waals surface area contributed by atoms with Crippen molar-refractivity contribution in [2.24, 2.45) is 5.73 Å². The van der Waals surface area contributed by atoms with Crippen molar-refractivity contribution in [3.63, 3.8) is 0 Å². The number of halogens is 1. The number of phenolic OH excluding ortho intramolecular Hbond substituents is 1. The van der Waals surface area contributed by atoms with Crippen LogP contribution in [0.3, 0.4) is 0 Å². The van der Waals surface area contributed by atoms with Crippen molar-refractivity contribution >= 4 is 23.7 Å². The molecule has 1 unspecified atom stereocenters. The highest BCUT2D eigenvalue weighted by Crippen LogP contribution is 2.29. The Balaban J connectivity index is 0.000000261. The van der Waals surface area contributed by atoms with Gasteiger partial charge in [-0.25, -0.2) is 0 Å². The molecular formula is C27H30ClN3O4. The highest BCUT2D eigenvalue weighted by atomic mass is 35.5. The van der Waals surface area contributed by atoms with Crippen molar-refractivity contribution < 1.29 is 19.4 Å². The first-order valence-corrected chi connectivity index (χ1v) is 11.7. The van der Waals surface area contributed by atoms with Crippen LogP contribution in [0.2, 0.25) is 5.02 Å². The maximum atomic E-state index is 10.5. The second kappa shape index (κ2) is 12.8. The zero-order valence-electron chi connectivity index (χ0n) is 19.6. The lowest BCUT2D eigenvalue weighted by molar-refractivity contribution is 0.100. The summed E-state index contributed by atoms with van der Waals surface area (Å²) in [7, 11) is 1.61. The number of nitrogens with two attached hydrogens (primary N) is 1. The van der Waals surface area contributed by atoms with E-state index < -0.39 is 5.91 Å². The summed E-state index contributed by atoms with van der Waals surface area (Å²) in [6.07, 6.45) is 4.88. The summed E-state index contributed by atoms with van der Waals surface area (Å²) in [5, 5.41) is 20.0. The number of amides is 1. The van der Waals surface area contributed by atoms with Gasteiger partial charge >= 0.3 is 0 Å². The summed E-state index contributed by atoms with van der Waals surface area (Å²) in [6, 6.07) is 18.7. The van der Waals surface area contributed by atoms with Gasteiger partial charge in [0.05, 0.1) is 12.1 Å². The van der Waals surface area contributed by atoms with E-state index in [9.17, 15) is 4.79 Å². The Labute approximate surface area is 210 Å². The van der Waals surface area contributed by atoms with Gasteiger partial charge in [-0.3, -0.25) is 4.79 Å². The van der Waals surface area contributed by atoms with Crippen molar-refractivity contribution in [1.29, 1.82) is 5.41 Å². The second-order valence-corrected chi connectivity index (χ2v) is 8.43. The van der Waals surface area contributed by atoms with Crippen LogP contribution in [0.25, 0.3) is 0 Å². The van der Waals surface area contributed by atoms with E-state index in [1.54, 1.807) is 7.11 Å². The van der Waals surface area contributed by atoms with E-state index >= 15 is 0 Å². The van der Waals surface area contributed by atoms with Crippen LogP contribution in [-0.2, 0) is 6.42 Å². The van der Waals surface area contributed by atoms with Crippen LogP contribution in [0.15, 0.2) is 60.7 Å². The fourth-order valence-electron chi connectivity index (χ4n) is 3.93. The quantitative estimate of drug-likeness (QED) is 0.262. The molecule has 0 aromatic heterocycles. The molecule has 5 N–H and O–H groups in total. The highest BCUT2D eigenvalue weighted by Gasteiger charge is 2.18. The van der Waals surface area contributed by atoms with Crippen molar-refractivity contribution in [3.8, 4) is 17.2 Å². The second-order valence-electron chi connectivity index (χ2n) is 8.02. The number of methoxy groups -OCH3 is 1. The zero-order valence-corrected chi connectivity index (χ0v) is 20.3. The number of primary amides is 1. The van der Waals surface area contributed by atoms with Gasteiger partial charge in [0, 0.05) is 36.0 Å². The number of aromatic hydroxyl groups is 1. The topological polar surface area (TPSA) is 118 Å². The van der Waals surface area contributed by atoms with Gasteiger partial charge in [-0.2, -0.15) is 0 Å². The highest BCUT2D eigenvalue weighted by molar-refractivity contribution is 6.32. The van der Waals surface area contributed by atoms with E-state index in [2.05, 4.69) is 29.6 Å². The maximum absolute atomic E-state index is 10.5. The van der Waals surface area contributed by atoms with Gasteiger partial charge in [0.1, 0.15) is 23.9 Å². The Hall–Kier alpha value is -3.55. The normalized spacial score (nSPS) is 14.2. The number of carbonyl (C=O) groups is 1. The predicted octanol–water partition coefficient (Wildman–Crippen LogP) is 4.88. The fraction of sp³-hybridized carbons (Fsp3) is 0.259. The Morgan fingerprint density at radius 3 is 2.74 bits per heavy atom. The molecule has 0 saturated heterocycles. The van der Waals surface area contributed by atoms with Crippen molar-refractivity contribution in [2.45, 2.75) is 25.3 Å². The molecule has 0 spiro atoms. The van der Waals surface area contributed by atoms with Crippen LogP contribution in [0.4, 0.5) is 0 Å². The summed E-state index contributed by atoms with van der Waals surface area (Å²) < 4.78 is 11.1. The van der Waals surface area contributed by atoms with Crippen molar-refractivity contribution in [2.75, 3.05) is 20.3 Å². The first kappa shape index (κ1) is 26.1. The van der Waals surface area contributed by atoms with Gasteiger partial charge in [-0.05, 0) is 60.7 Å². The van der Waals surface area contributed by atoms with Crippen LogP contribution in [0.1, 0.15) is 45.9 Å². The third kappa shape index (κ3) is 7.21. The first-order chi connectivity index (χ1) is 16.9. The number of benzene rings is 3. The Morgan fingerprint density at radius 2 is 2.03 bits per heavy atom. The number of carbonyl (C=O) groups excluding carboxylic acids is 1. The molecule has 0 bridgehead atoms. The number of hydrogen-bond donors (Lipinski definition) is 4. The number of ether oxygens (including phenoxy) is 2. The molecule has 4 rings (SSSR count). The molecule has 8 heteroatoms. The number of phenols is 1. The minimum atomic E-state index is -0.563. The number of nitrogens with one attached hydrogen (secondary N) is 2. The van der Waals surface area contributed by atoms with E-state index in [1.165, 1.54) is 54.8 Å². The standard InChI is InChI=1S/C20H24N2O2.C7H6ClNO2/c1-23-20-13-17(10-9-16(20)14-21)24-12-11-22-19-8-4-6-15-5-2-3-7-18(15)19;8-5-3-4(7(9)11)1-2-6(5)10/h2-3,5,7,9-10,13-14,19,21-22H,4,6,8,11-12H2,1H3;1-3,10H,(H2,9,11).